The van der Waals surface area contributed by atoms with Crippen LogP contribution in [0, 0.1) is 0 Å². The average molecular weight is 365 g/mol. The first-order valence-electron chi connectivity index (χ1n) is 9.14. The maximum Gasteiger partial charge on any atom is 0.244 e. The van der Waals surface area contributed by atoms with Crippen LogP contribution in [0.25, 0.3) is 6.08 Å². The number of rotatable bonds is 9. The molecule has 1 unspecified atom stereocenters. The van der Waals surface area contributed by atoms with Gasteiger partial charge in [0.15, 0.2) is 0 Å². The first-order chi connectivity index (χ1) is 13.1. The summed E-state index contributed by atoms with van der Waals surface area (Å²) in [4.78, 5) is 26.2. The fourth-order valence-corrected chi connectivity index (χ4v) is 2.56. The molecule has 0 fully saturated rings. The monoisotopic (exact) mass is 365 g/mol. The van der Waals surface area contributed by atoms with Crippen LogP contribution in [0.1, 0.15) is 18.9 Å². The van der Waals surface area contributed by atoms with E-state index in [9.17, 15) is 9.59 Å². The van der Waals surface area contributed by atoms with Gasteiger partial charge in [0.1, 0.15) is 6.04 Å². The predicted octanol–water partition coefficient (Wildman–Crippen LogP) is 2.85. The Morgan fingerprint density at radius 1 is 1.04 bits per heavy atom. The molecule has 0 heterocycles. The van der Waals surface area contributed by atoms with Crippen LogP contribution in [-0.2, 0) is 9.59 Å². The smallest absolute Gasteiger partial charge is 0.244 e. The Hall–Kier alpha value is -3.08. The van der Waals surface area contributed by atoms with E-state index >= 15 is 0 Å². The van der Waals surface area contributed by atoms with Gasteiger partial charge in [0.2, 0.25) is 11.8 Å². The van der Waals surface area contributed by atoms with Crippen LogP contribution in [0.2, 0.25) is 0 Å². The lowest BCUT2D eigenvalue weighted by molar-refractivity contribution is -0.126. The molecule has 0 aromatic heterocycles. The fourth-order valence-electron chi connectivity index (χ4n) is 2.56. The van der Waals surface area contributed by atoms with Gasteiger partial charge >= 0.3 is 0 Å². The van der Waals surface area contributed by atoms with Gasteiger partial charge in [-0.3, -0.25) is 9.59 Å². The molecule has 142 valence electrons. The molecule has 2 amide bonds. The third-order valence-corrected chi connectivity index (χ3v) is 4.15. The van der Waals surface area contributed by atoms with Crippen molar-refractivity contribution in [3.8, 4) is 0 Å². The molecule has 27 heavy (non-hydrogen) atoms. The predicted molar refractivity (Wildman–Crippen MR) is 110 cm³/mol. The van der Waals surface area contributed by atoms with E-state index in [-0.39, 0.29) is 11.8 Å². The highest BCUT2D eigenvalue weighted by Crippen LogP contribution is 2.10. The van der Waals surface area contributed by atoms with Gasteiger partial charge in [-0.15, -0.1) is 0 Å². The van der Waals surface area contributed by atoms with E-state index in [4.69, 9.17) is 0 Å². The number of carbonyl (C=O) groups excluding carboxylic acids is 2. The standard InChI is InChI=1S/C22H27N3O2/c1-18(24-21(26)15-14-19-10-5-3-6-11-19)22(27)23-16-9-17-25(2)20-12-7-4-8-13-20/h3-8,10-15,18H,9,16-17H2,1-2H3,(H,23,27)(H,24,26)/b15-14+. The lowest BCUT2D eigenvalue weighted by Crippen LogP contribution is -2.44. The molecule has 0 aliphatic rings. The summed E-state index contributed by atoms with van der Waals surface area (Å²) in [5, 5.41) is 5.54. The lowest BCUT2D eigenvalue weighted by Gasteiger charge is -2.19. The summed E-state index contributed by atoms with van der Waals surface area (Å²) in [5.74, 6) is -0.468. The first kappa shape index (κ1) is 20.2. The Kier molecular flexibility index (Phi) is 8.10. The second-order valence-corrected chi connectivity index (χ2v) is 6.38. The fraction of sp³-hybridized carbons (Fsp3) is 0.273. The lowest BCUT2D eigenvalue weighted by atomic mass is 10.2. The molecule has 0 aliphatic heterocycles. The van der Waals surface area contributed by atoms with E-state index in [1.807, 2.05) is 55.6 Å². The van der Waals surface area contributed by atoms with Crippen LogP contribution in [0.4, 0.5) is 5.69 Å². The molecule has 5 nitrogen and oxygen atoms in total. The molecule has 2 aromatic carbocycles. The molecule has 0 radical (unpaired) electrons. The number of anilines is 1. The highest BCUT2D eigenvalue weighted by Gasteiger charge is 2.13. The summed E-state index contributed by atoms with van der Waals surface area (Å²) in [6.45, 7) is 3.08. The zero-order chi connectivity index (χ0) is 19.5. The van der Waals surface area contributed by atoms with Crippen molar-refractivity contribution < 1.29 is 9.59 Å². The van der Waals surface area contributed by atoms with Gasteiger partial charge in [-0.05, 0) is 37.1 Å². The topological polar surface area (TPSA) is 61.4 Å². The van der Waals surface area contributed by atoms with Gasteiger partial charge in [0.05, 0.1) is 0 Å². The van der Waals surface area contributed by atoms with Crippen LogP contribution >= 0.6 is 0 Å². The van der Waals surface area contributed by atoms with Crippen molar-refractivity contribution in [2.24, 2.45) is 0 Å². The van der Waals surface area contributed by atoms with Crippen molar-refractivity contribution in [2.75, 3.05) is 25.0 Å². The normalized spacial score (nSPS) is 11.8. The molecule has 0 bridgehead atoms. The Labute approximate surface area is 161 Å². The maximum absolute atomic E-state index is 12.1. The maximum atomic E-state index is 12.1. The van der Waals surface area contributed by atoms with Gasteiger partial charge in [-0.1, -0.05) is 48.5 Å². The second kappa shape index (κ2) is 10.8. The zero-order valence-electron chi connectivity index (χ0n) is 15.9. The van der Waals surface area contributed by atoms with Crippen molar-refractivity contribution in [3.05, 3.63) is 72.3 Å². The highest BCUT2D eigenvalue weighted by molar-refractivity contribution is 5.95. The quantitative estimate of drug-likeness (QED) is 0.531. The molecular formula is C22H27N3O2. The van der Waals surface area contributed by atoms with E-state index < -0.39 is 6.04 Å². The van der Waals surface area contributed by atoms with Gasteiger partial charge in [-0.25, -0.2) is 0 Å². The summed E-state index contributed by atoms with van der Waals surface area (Å²) < 4.78 is 0. The van der Waals surface area contributed by atoms with Crippen LogP contribution in [0.15, 0.2) is 66.7 Å². The van der Waals surface area contributed by atoms with Crippen molar-refractivity contribution in [1.82, 2.24) is 10.6 Å². The molecule has 1 atom stereocenters. The molecule has 0 saturated carbocycles. The van der Waals surface area contributed by atoms with Gasteiger partial charge in [-0.2, -0.15) is 0 Å². The SMILES string of the molecule is CC(NC(=O)/C=C/c1ccccc1)C(=O)NCCCN(C)c1ccccc1. The molecule has 0 saturated heterocycles. The van der Waals surface area contributed by atoms with E-state index in [1.165, 1.54) is 6.08 Å². The van der Waals surface area contributed by atoms with E-state index in [1.54, 1.807) is 13.0 Å². The Bertz CT molecular complexity index is 745. The van der Waals surface area contributed by atoms with Crippen molar-refractivity contribution >= 4 is 23.6 Å². The molecule has 0 spiro atoms. The first-order valence-corrected chi connectivity index (χ1v) is 9.14. The minimum atomic E-state index is -0.579. The van der Waals surface area contributed by atoms with Gasteiger partial charge < -0.3 is 15.5 Å². The number of benzene rings is 2. The van der Waals surface area contributed by atoms with Crippen LogP contribution in [0.5, 0.6) is 0 Å². The summed E-state index contributed by atoms with van der Waals surface area (Å²) in [7, 11) is 2.03. The minimum absolute atomic E-state index is 0.182. The zero-order valence-corrected chi connectivity index (χ0v) is 15.9. The number of amides is 2. The average Bonchev–Trinajstić information content (AvgIpc) is 2.70. The molecule has 2 rings (SSSR count). The number of hydrogen-bond acceptors (Lipinski definition) is 3. The second-order valence-electron chi connectivity index (χ2n) is 6.38. The Balaban J connectivity index is 1.66. The molecule has 2 N–H and O–H groups in total. The molecule has 2 aromatic rings. The Morgan fingerprint density at radius 2 is 1.67 bits per heavy atom. The Morgan fingerprint density at radius 3 is 2.33 bits per heavy atom. The van der Waals surface area contributed by atoms with Gasteiger partial charge in [0.25, 0.3) is 0 Å². The molecule has 0 aliphatic carbocycles. The van der Waals surface area contributed by atoms with Crippen LogP contribution < -0.4 is 15.5 Å². The summed E-state index contributed by atoms with van der Waals surface area (Å²) in [6, 6.07) is 19.1. The number of nitrogens with one attached hydrogen (secondary N) is 2. The number of nitrogens with zero attached hydrogens (tertiary/aromatic N) is 1. The number of hydrogen-bond donors (Lipinski definition) is 2. The van der Waals surface area contributed by atoms with E-state index in [0.717, 1.165) is 24.2 Å². The largest absolute Gasteiger partial charge is 0.375 e. The summed E-state index contributed by atoms with van der Waals surface area (Å²) in [6.07, 6.45) is 3.99. The van der Waals surface area contributed by atoms with Crippen molar-refractivity contribution in [3.63, 3.8) is 0 Å². The summed E-state index contributed by atoms with van der Waals surface area (Å²) >= 11 is 0. The molecular weight excluding hydrogens is 338 g/mol. The van der Waals surface area contributed by atoms with E-state index in [0.29, 0.717) is 6.54 Å². The number of carbonyl (C=O) groups is 2. The molecule has 5 heteroatoms. The van der Waals surface area contributed by atoms with Crippen molar-refractivity contribution in [2.45, 2.75) is 19.4 Å². The number of para-hydroxylation sites is 1. The van der Waals surface area contributed by atoms with Crippen molar-refractivity contribution in [1.29, 1.82) is 0 Å². The van der Waals surface area contributed by atoms with Crippen LogP contribution in [0.3, 0.4) is 0 Å². The van der Waals surface area contributed by atoms with E-state index in [2.05, 4.69) is 27.7 Å². The third-order valence-electron chi connectivity index (χ3n) is 4.15. The third kappa shape index (κ3) is 7.36. The van der Waals surface area contributed by atoms with Gasteiger partial charge in [0, 0.05) is 31.9 Å². The van der Waals surface area contributed by atoms with Crippen LogP contribution in [-0.4, -0.2) is 38.0 Å². The highest BCUT2D eigenvalue weighted by atomic mass is 16.2. The minimum Gasteiger partial charge on any atom is -0.375 e. The summed E-state index contributed by atoms with van der Waals surface area (Å²) in [5.41, 5.74) is 2.09.